The van der Waals surface area contributed by atoms with Crippen molar-refractivity contribution in [3.8, 4) is 23.1 Å². The Labute approximate surface area is 109 Å². The van der Waals surface area contributed by atoms with Crippen LogP contribution in [0.5, 0.6) is 5.75 Å². The molecule has 0 N–H and O–H groups in total. The Hall–Kier alpha value is -2.19. The molecule has 0 radical (unpaired) electrons. The third-order valence-electron chi connectivity index (χ3n) is 2.31. The van der Waals surface area contributed by atoms with Crippen LogP contribution >= 0.6 is 11.6 Å². The van der Waals surface area contributed by atoms with Crippen LogP contribution in [0.4, 0.5) is 0 Å². The normalized spacial score (nSPS) is 9.89. The molecule has 5 nitrogen and oxygen atoms in total. The van der Waals surface area contributed by atoms with E-state index in [1.54, 1.807) is 32.5 Å². The average molecular weight is 261 g/mol. The van der Waals surface area contributed by atoms with E-state index in [1.165, 1.54) is 0 Å². The lowest BCUT2D eigenvalue weighted by Gasteiger charge is -2.07. The zero-order chi connectivity index (χ0) is 13.1. The molecule has 18 heavy (non-hydrogen) atoms. The van der Waals surface area contributed by atoms with Crippen molar-refractivity contribution < 1.29 is 4.74 Å². The summed E-state index contributed by atoms with van der Waals surface area (Å²) in [6.07, 6.45) is 3.17. The number of nitrogens with zero attached hydrogens (tertiary/aromatic N) is 4. The van der Waals surface area contributed by atoms with E-state index in [0.29, 0.717) is 22.8 Å². The molecule has 2 heterocycles. The molecule has 0 aliphatic heterocycles. The summed E-state index contributed by atoms with van der Waals surface area (Å²) in [6.45, 7) is 1.71. The Morgan fingerprint density at radius 3 is 2.78 bits per heavy atom. The highest BCUT2D eigenvalue weighted by Crippen LogP contribution is 2.27. The summed E-state index contributed by atoms with van der Waals surface area (Å²) in [7, 11) is 1.55. The van der Waals surface area contributed by atoms with Gasteiger partial charge in [0.15, 0.2) is 5.15 Å². The Morgan fingerprint density at radius 1 is 1.33 bits per heavy atom. The number of methoxy groups -OCH3 is 1. The van der Waals surface area contributed by atoms with E-state index in [2.05, 4.69) is 15.0 Å². The SMILES string of the molecule is COc1cncc(-c2nc(C)nc(Cl)c2C#N)c1. The van der Waals surface area contributed by atoms with Gasteiger partial charge in [-0.3, -0.25) is 4.98 Å². The molecule has 0 saturated carbocycles. The molecule has 2 aromatic heterocycles. The zero-order valence-electron chi connectivity index (χ0n) is 9.81. The van der Waals surface area contributed by atoms with Gasteiger partial charge in [0.2, 0.25) is 0 Å². The van der Waals surface area contributed by atoms with E-state index in [4.69, 9.17) is 21.6 Å². The molecule has 0 spiro atoms. The molecule has 0 saturated heterocycles. The minimum absolute atomic E-state index is 0.141. The molecule has 90 valence electrons. The topological polar surface area (TPSA) is 71.7 Å². The van der Waals surface area contributed by atoms with Crippen LogP contribution in [-0.2, 0) is 0 Å². The van der Waals surface area contributed by atoms with Crippen molar-refractivity contribution in [2.24, 2.45) is 0 Å². The van der Waals surface area contributed by atoms with E-state index in [0.717, 1.165) is 0 Å². The van der Waals surface area contributed by atoms with Gasteiger partial charge in [-0.1, -0.05) is 11.6 Å². The van der Waals surface area contributed by atoms with Crippen molar-refractivity contribution >= 4 is 11.6 Å². The lowest BCUT2D eigenvalue weighted by molar-refractivity contribution is 0.413. The first-order chi connectivity index (χ1) is 8.65. The number of ether oxygens (including phenoxy) is 1. The summed E-state index contributed by atoms with van der Waals surface area (Å²) >= 11 is 5.93. The predicted molar refractivity (Wildman–Crippen MR) is 66.3 cm³/mol. The third kappa shape index (κ3) is 2.24. The standard InChI is InChI=1S/C12H9ClN4O/c1-7-16-11(10(4-14)12(13)17-7)8-3-9(18-2)6-15-5-8/h3,5-6H,1-2H3. The third-order valence-corrected chi connectivity index (χ3v) is 2.58. The van der Waals surface area contributed by atoms with Crippen LogP contribution in [-0.4, -0.2) is 22.1 Å². The second-order valence-electron chi connectivity index (χ2n) is 3.51. The molecule has 0 fully saturated rings. The second kappa shape index (κ2) is 4.98. The van der Waals surface area contributed by atoms with Gasteiger partial charge in [0.05, 0.1) is 19.0 Å². The maximum atomic E-state index is 9.11. The van der Waals surface area contributed by atoms with E-state index in [9.17, 15) is 0 Å². The molecule has 0 atom stereocenters. The minimum atomic E-state index is 0.141. The van der Waals surface area contributed by atoms with E-state index in [-0.39, 0.29) is 10.7 Å². The maximum Gasteiger partial charge on any atom is 0.151 e. The van der Waals surface area contributed by atoms with Crippen molar-refractivity contribution in [2.45, 2.75) is 6.92 Å². The van der Waals surface area contributed by atoms with Crippen LogP contribution in [0.1, 0.15) is 11.4 Å². The molecule has 0 aliphatic carbocycles. The smallest absolute Gasteiger partial charge is 0.151 e. The Kier molecular flexibility index (Phi) is 3.40. The summed E-state index contributed by atoms with van der Waals surface area (Å²) in [6, 6.07) is 3.74. The maximum absolute atomic E-state index is 9.11. The summed E-state index contributed by atoms with van der Waals surface area (Å²) in [5.41, 5.74) is 1.36. The van der Waals surface area contributed by atoms with Gasteiger partial charge >= 0.3 is 0 Å². The van der Waals surface area contributed by atoms with Crippen LogP contribution in [0, 0.1) is 18.3 Å². The number of hydrogen-bond acceptors (Lipinski definition) is 5. The van der Waals surface area contributed by atoms with Crippen molar-refractivity contribution in [1.29, 1.82) is 5.26 Å². The van der Waals surface area contributed by atoms with Crippen LogP contribution in [0.15, 0.2) is 18.5 Å². The van der Waals surface area contributed by atoms with Gasteiger partial charge < -0.3 is 4.74 Å². The summed E-state index contributed by atoms with van der Waals surface area (Å²) in [5, 5.41) is 9.25. The highest BCUT2D eigenvalue weighted by molar-refractivity contribution is 6.30. The van der Waals surface area contributed by atoms with Gasteiger partial charge in [-0.25, -0.2) is 9.97 Å². The van der Waals surface area contributed by atoms with Gasteiger partial charge in [0.25, 0.3) is 0 Å². The second-order valence-corrected chi connectivity index (χ2v) is 3.87. The largest absolute Gasteiger partial charge is 0.495 e. The number of rotatable bonds is 2. The molecule has 0 unspecified atom stereocenters. The van der Waals surface area contributed by atoms with Crippen LogP contribution in [0.3, 0.4) is 0 Å². The minimum Gasteiger partial charge on any atom is -0.495 e. The lowest BCUT2D eigenvalue weighted by atomic mass is 10.1. The van der Waals surface area contributed by atoms with Gasteiger partial charge in [0.1, 0.15) is 23.2 Å². The van der Waals surface area contributed by atoms with Crippen LogP contribution in [0.25, 0.3) is 11.3 Å². The van der Waals surface area contributed by atoms with E-state index in [1.807, 2.05) is 6.07 Å². The summed E-state index contributed by atoms with van der Waals surface area (Å²) in [5.74, 6) is 1.08. The number of aryl methyl sites for hydroxylation is 1. The number of halogens is 1. The summed E-state index contributed by atoms with van der Waals surface area (Å²) in [4.78, 5) is 12.2. The van der Waals surface area contributed by atoms with Crippen molar-refractivity contribution in [2.75, 3.05) is 7.11 Å². The molecule has 2 aromatic rings. The number of nitriles is 1. The Balaban J connectivity index is 2.66. The predicted octanol–water partition coefficient (Wildman–Crippen LogP) is 2.38. The monoisotopic (exact) mass is 260 g/mol. The van der Waals surface area contributed by atoms with E-state index < -0.39 is 0 Å². The molecular formula is C12H9ClN4O. The molecule has 6 heteroatoms. The quantitative estimate of drug-likeness (QED) is 0.775. The van der Waals surface area contributed by atoms with Crippen LogP contribution in [0.2, 0.25) is 5.15 Å². The first-order valence-corrected chi connectivity index (χ1v) is 5.47. The van der Waals surface area contributed by atoms with Crippen LogP contribution < -0.4 is 4.74 Å². The van der Waals surface area contributed by atoms with Gasteiger partial charge in [-0.2, -0.15) is 5.26 Å². The molecule has 2 rings (SSSR count). The Bertz CT molecular complexity index is 636. The molecular weight excluding hydrogens is 252 g/mol. The Morgan fingerprint density at radius 2 is 2.11 bits per heavy atom. The first-order valence-electron chi connectivity index (χ1n) is 5.09. The lowest BCUT2D eigenvalue weighted by Crippen LogP contribution is -1.98. The van der Waals surface area contributed by atoms with Crippen molar-refractivity contribution in [3.63, 3.8) is 0 Å². The van der Waals surface area contributed by atoms with Crippen molar-refractivity contribution in [1.82, 2.24) is 15.0 Å². The van der Waals surface area contributed by atoms with Gasteiger partial charge in [0, 0.05) is 11.8 Å². The highest BCUT2D eigenvalue weighted by Gasteiger charge is 2.14. The first kappa shape index (κ1) is 12.3. The van der Waals surface area contributed by atoms with Gasteiger partial charge in [-0.05, 0) is 13.0 Å². The fourth-order valence-corrected chi connectivity index (χ4v) is 1.76. The summed E-state index contributed by atoms with van der Waals surface area (Å²) < 4.78 is 5.09. The zero-order valence-corrected chi connectivity index (χ0v) is 10.6. The van der Waals surface area contributed by atoms with Gasteiger partial charge in [-0.15, -0.1) is 0 Å². The number of pyridine rings is 1. The molecule has 0 bridgehead atoms. The number of aromatic nitrogens is 3. The molecule has 0 amide bonds. The average Bonchev–Trinajstić information content (AvgIpc) is 2.38. The molecule has 0 aliphatic rings. The fourth-order valence-electron chi connectivity index (χ4n) is 1.51. The molecule has 0 aromatic carbocycles. The highest BCUT2D eigenvalue weighted by atomic mass is 35.5. The number of hydrogen-bond donors (Lipinski definition) is 0. The fraction of sp³-hybridized carbons (Fsp3) is 0.167. The van der Waals surface area contributed by atoms with E-state index >= 15 is 0 Å². The van der Waals surface area contributed by atoms with Crippen molar-refractivity contribution in [3.05, 3.63) is 35.0 Å².